The fourth-order valence-electron chi connectivity index (χ4n) is 2.09. The van der Waals surface area contributed by atoms with Gasteiger partial charge in [0.05, 0.1) is 4.90 Å². The van der Waals surface area contributed by atoms with Crippen molar-refractivity contribution in [2.75, 3.05) is 0 Å². The normalized spacial score (nSPS) is 11.8. The number of benzene rings is 2. The van der Waals surface area contributed by atoms with Crippen LogP contribution in [-0.2, 0) is 16.6 Å². The number of nitrogens with one attached hydrogen (secondary N) is 1. The van der Waals surface area contributed by atoms with Gasteiger partial charge in [0.15, 0.2) is 0 Å². The van der Waals surface area contributed by atoms with Crippen LogP contribution in [0.15, 0.2) is 64.9 Å². The van der Waals surface area contributed by atoms with Gasteiger partial charge in [-0.2, -0.15) is 0 Å². The molecule has 0 atom stereocenters. The van der Waals surface area contributed by atoms with Crippen molar-refractivity contribution in [1.82, 2.24) is 4.72 Å². The van der Waals surface area contributed by atoms with E-state index in [2.05, 4.69) is 4.72 Å². The van der Waals surface area contributed by atoms with E-state index in [0.717, 1.165) is 15.6 Å². The molecule has 0 aliphatic carbocycles. The quantitative estimate of drug-likeness (QED) is 0.803. The molecule has 0 fully saturated rings. The lowest BCUT2D eigenvalue weighted by atomic mass is 10.1. The largest absolute Gasteiger partial charge is 0.241 e. The summed E-state index contributed by atoms with van der Waals surface area (Å²) in [5.74, 6) is 0. The first-order valence-corrected chi connectivity index (χ1v) is 8.53. The summed E-state index contributed by atoms with van der Waals surface area (Å²) in [6.07, 6.45) is 0. The van der Waals surface area contributed by atoms with Crippen molar-refractivity contribution in [2.45, 2.75) is 11.4 Å². The number of fused-ring (bicyclic) bond motifs is 1. The number of hydrogen-bond acceptors (Lipinski definition) is 3. The van der Waals surface area contributed by atoms with Crippen molar-refractivity contribution in [2.24, 2.45) is 0 Å². The number of rotatable bonds is 4. The zero-order valence-electron chi connectivity index (χ0n) is 10.6. The highest BCUT2D eigenvalue weighted by atomic mass is 32.2. The van der Waals surface area contributed by atoms with Crippen LogP contribution in [0.4, 0.5) is 0 Å². The first-order chi connectivity index (χ1) is 9.67. The summed E-state index contributed by atoms with van der Waals surface area (Å²) in [6.45, 7) is 0.323. The minimum atomic E-state index is -3.51. The van der Waals surface area contributed by atoms with E-state index in [9.17, 15) is 8.42 Å². The van der Waals surface area contributed by atoms with E-state index in [1.807, 2.05) is 47.8 Å². The van der Waals surface area contributed by atoms with Crippen molar-refractivity contribution in [3.05, 3.63) is 64.9 Å². The van der Waals surface area contributed by atoms with Gasteiger partial charge in [0.2, 0.25) is 10.0 Å². The molecule has 3 aromatic rings. The van der Waals surface area contributed by atoms with Crippen LogP contribution in [0.25, 0.3) is 10.8 Å². The van der Waals surface area contributed by atoms with Crippen LogP contribution in [0.3, 0.4) is 0 Å². The fraction of sp³-hybridized carbons (Fsp3) is 0.0667. The lowest BCUT2D eigenvalue weighted by Crippen LogP contribution is -2.23. The Hall–Kier alpha value is -1.69. The zero-order chi connectivity index (χ0) is 14.0. The lowest BCUT2D eigenvalue weighted by Gasteiger charge is -2.08. The Morgan fingerprint density at radius 1 is 0.950 bits per heavy atom. The number of sulfonamides is 1. The van der Waals surface area contributed by atoms with E-state index in [4.69, 9.17) is 0 Å². The molecule has 0 spiro atoms. The predicted molar refractivity (Wildman–Crippen MR) is 82.3 cm³/mol. The molecule has 0 bridgehead atoms. The highest BCUT2D eigenvalue weighted by Gasteiger charge is 2.16. The van der Waals surface area contributed by atoms with E-state index >= 15 is 0 Å². The second-order valence-electron chi connectivity index (χ2n) is 4.38. The molecule has 0 aliphatic rings. The second kappa shape index (κ2) is 5.36. The molecule has 0 radical (unpaired) electrons. The third kappa shape index (κ3) is 2.60. The predicted octanol–water partition coefficient (Wildman–Crippen LogP) is 3.38. The molecule has 5 heteroatoms. The third-order valence-corrected chi connectivity index (χ3v) is 5.39. The van der Waals surface area contributed by atoms with Gasteiger partial charge >= 0.3 is 0 Å². The zero-order valence-corrected chi connectivity index (χ0v) is 12.2. The van der Waals surface area contributed by atoms with Gasteiger partial charge in [-0.1, -0.05) is 42.5 Å². The second-order valence-corrected chi connectivity index (χ2v) is 7.15. The monoisotopic (exact) mass is 303 g/mol. The molecule has 0 saturated carbocycles. The molecule has 3 nitrogen and oxygen atoms in total. The molecule has 0 saturated heterocycles. The van der Waals surface area contributed by atoms with Gasteiger partial charge in [-0.25, -0.2) is 13.1 Å². The van der Waals surface area contributed by atoms with Crippen molar-refractivity contribution in [1.29, 1.82) is 0 Å². The van der Waals surface area contributed by atoms with Gasteiger partial charge in [0, 0.05) is 16.8 Å². The van der Waals surface area contributed by atoms with Crippen LogP contribution in [0.5, 0.6) is 0 Å². The Bertz CT molecular complexity index is 819. The van der Waals surface area contributed by atoms with Crippen molar-refractivity contribution >= 4 is 32.1 Å². The van der Waals surface area contributed by atoms with Crippen molar-refractivity contribution < 1.29 is 8.42 Å². The van der Waals surface area contributed by atoms with Crippen molar-refractivity contribution in [3.63, 3.8) is 0 Å². The van der Waals surface area contributed by atoms with E-state index in [1.54, 1.807) is 12.1 Å². The van der Waals surface area contributed by atoms with Gasteiger partial charge in [-0.15, -0.1) is 11.3 Å². The number of thiophene rings is 1. The molecule has 1 heterocycles. The minimum Gasteiger partial charge on any atom is -0.207 e. The minimum absolute atomic E-state index is 0.323. The van der Waals surface area contributed by atoms with Gasteiger partial charge < -0.3 is 0 Å². The highest BCUT2D eigenvalue weighted by Crippen LogP contribution is 2.22. The maximum atomic E-state index is 12.4. The maximum Gasteiger partial charge on any atom is 0.241 e. The summed E-state index contributed by atoms with van der Waals surface area (Å²) >= 11 is 1.54. The third-order valence-electron chi connectivity index (χ3n) is 3.06. The molecule has 1 N–H and O–H groups in total. The average Bonchev–Trinajstić information content (AvgIpc) is 2.98. The molecule has 102 valence electrons. The van der Waals surface area contributed by atoms with E-state index < -0.39 is 10.0 Å². The molecular weight excluding hydrogens is 290 g/mol. The molecule has 1 aromatic heterocycles. The Balaban J connectivity index is 1.97. The van der Waals surface area contributed by atoms with E-state index in [1.165, 1.54) is 11.3 Å². The van der Waals surface area contributed by atoms with Crippen LogP contribution in [0, 0.1) is 0 Å². The molecule has 3 rings (SSSR count). The van der Waals surface area contributed by atoms with E-state index in [-0.39, 0.29) is 0 Å². The molecule has 0 unspecified atom stereocenters. The van der Waals surface area contributed by atoms with Crippen LogP contribution in [-0.4, -0.2) is 8.42 Å². The smallest absolute Gasteiger partial charge is 0.207 e. The summed E-state index contributed by atoms with van der Waals surface area (Å²) in [5, 5.41) is 3.60. The Kier molecular flexibility index (Phi) is 3.56. The molecule has 20 heavy (non-hydrogen) atoms. The standard InChI is InChI=1S/C15H13NO2S2/c17-20(18,16-11-13-7-4-10-19-13)15-9-3-6-12-5-1-2-8-14(12)15/h1-10,16H,11H2. The van der Waals surface area contributed by atoms with Crippen molar-refractivity contribution in [3.8, 4) is 0 Å². The molecule has 2 aromatic carbocycles. The summed E-state index contributed by atoms with van der Waals surface area (Å²) in [7, 11) is -3.51. The summed E-state index contributed by atoms with van der Waals surface area (Å²) in [5.41, 5.74) is 0. The van der Waals surface area contributed by atoms with Gasteiger partial charge in [-0.3, -0.25) is 0 Å². The summed E-state index contributed by atoms with van der Waals surface area (Å²) < 4.78 is 27.5. The van der Waals surface area contributed by atoms with Crippen LogP contribution < -0.4 is 4.72 Å². The molecule has 0 amide bonds. The van der Waals surface area contributed by atoms with Gasteiger partial charge in [-0.05, 0) is 22.9 Å². The average molecular weight is 303 g/mol. The highest BCUT2D eigenvalue weighted by molar-refractivity contribution is 7.89. The number of hydrogen-bond donors (Lipinski definition) is 1. The molecule has 0 aliphatic heterocycles. The van der Waals surface area contributed by atoms with Gasteiger partial charge in [0.1, 0.15) is 0 Å². The Labute approximate surface area is 121 Å². The van der Waals surface area contributed by atoms with Gasteiger partial charge in [0.25, 0.3) is 0 Å². The fourth-order valence-corrected chi connectivity index (χ4v) is 4.06. The first kappa shape index (κ1) is 13.3. The topological polar surface area (TPSA) is 46.2 Å². The van der Waals surface area contributed by atoms with Crippen LogP contribution in [0.1, 0.15) is 4.88 Å². The Morgan fingerprint density at radius 2 is 1.75 bits per heavy atom. The van der Waals surface area contributed by atoms with E-state index in [0.29, 0.717) is 11.4 Å². The molecular formula is C15H13NO2S2. The van der Waals surface area contributed by atoms with Crippen LogP contribution >= 0.6 is 11.3 Å². The summed E-state index contributed by atoms with van der Waals surface area (Å²) in [6, 6.07) is 16.6. The van der Waals surface area contributed by atoms with Crippen LogP contribution in [0.2, 0.25) is 0 Å². The maximum absolute atomic E-state index is 12.4. The first-order valence-electron chi connectivity index (χ1n) is 6.17. The SMILES string of the molecule is O=S(=O)(NCc1cccs1)c1cccc2ccccc12. The summed E-state index contributed by atoms with van der Waals surface area (Å²) in [4.78, 5) is 1.32. The lowest BCUT2D eigenvalue weighted by molar-refractivity contribution is 0.583. The Morgan fingerprint density at radius 3 is 2.55 bits per heavy atom.